The molecule has 1 aromatic heterocycles. The number of methoxy groups -OCH3 is 2. The molecule has 1 atom stereocenters. The largest absolute Gasteiger partial charge is 0.493 e. The predicted molar refractivity (Wildman–Crippen MR) is 133 cm³/mol. The van der Waals surface area contributed by atoms with Gasteiger partial charge in [-0.3, -0.25) is 4.79 Å². The monoisotopic (exact) mass is 475 g/mol. The van der Waals surface area contributed by atoms with E-state index in [0.717, 1.165) is 16.9 Å². The van der Waals surface area contributed by atoms with Gasteiger partial charge in [-0.15, -0.1) is 11.3 Å². The number of rotatable bonds is 11. The molecule has 0 spiro atoms. The van der Waals surface area contributed by atoms with Gasteiger partial charge in [0.2, 0.25) is 5.91 Å². The minimum absolute atomic E-state index is 0.0273. The molecule has 182 valence electrons. The summed E-state index contributed by atoms with van der Waals surface area (Å²) in [6.07, 6.45) is 1.45. The Morgan fingerprint density at radius 1 is 1.06 bits per heavy atom. The SMILES string of the molecule is CCC(C)N(CC(=O)N(CCc1ccc(OC)c(OC)c1)Cc1ccc(C)s1)C(=O)N(C)C. The van der Waals surface area contributed by atoms with E-state index in [1.165, 1.54) is 9.78 Å². The zero-order chi connectivity index (χ0) is 24.5. The standard InChI is InChI=1S/C25H37N3O4S/c1-8-18(2)28(25(30)26(4)5)17-24(29)27(16-21-11-9-19(3)33-21)14-13-20-10-12-22(31-6)23(15-20)32-7/h9-12,15,18H,8,13-14,16-17H2,1-7H3. The molecule has 3 amide bonds. The minimum Gasteiger partial charge on any atom is -0.493 e. The Kier molecular flexibility index (Phi) is 10.0. The first-order chi connectivity index (χ1) is 15.7. The van der Waals surface area contributed by atoms with E-state index < -0.39 is 0 Å². The summed E-state index contributed by atoms with van der Waals surface area (Å²) in [5.41, 5.74) is 1.05. The molecule has 1 unspecified atom stereocenters. The van der Waals surface area contributed by atoms with Crippen molar-refractivity contribution in [2.24, 2.45) is 0 Å². The highest BCUT2D eigenvalue weighted by Crippen LogP contribution is 2.28. The van der Waals surface area contributed by atoms with Gasteiger partial charge in [-0.1, -0.05) is 13.0 Å². The van der Waals surface area contributed by atoms with E-state index in [0.29, 0.717) is 31.0 Å². The van der Waals surface area contributed by atoms with Crippen molar-refractivity contribution in [1.82, 2.24) is 14.7 Å². The third-order valence-corrected chi connectivity index (χ3v) is 6.66. The van der Waals surface area contributed by atoms with Crippen molar-refractivity contribution in [2.45, 2.75) is 46.2 Å². The van der Waals surface area contributed by atoms with Crippen LogP contribution in [0.25, 0.3) is 0 Å². The van der Waals surface area contributed by atoms with E-state index in [9.17, 15) is 9.59 Å². The molecule has 0 fully saturated rings. The molecule has 0 bridgehead atoms. The zero-order valence-electron chi connectivity index (χ0n) is 20.9. The third-order valence-electron chi connectivity index (χ3n) is 5.67. The molecule has 1 aromatic carbocycles. The summed E-state index contributed by atoms with van der Waals surface area (Å²) < 4.78 is 10.7. The van der Waals surface area contributed by atoms with Crippen molar-refractivity contribution < 1.29 is 19.1 Å². The van der Waals surface area contributed by atoms with Gasteiger partial charge in [-0.25, -0.2) is 4.79 Å². The first-order valence-corrected chi connectivity index (χ1v) is 12.0. The number of benzene rings is 1. The molecule has 2 aromatic rings. The number of ether oxygens (including phenoxy) is 2. The molecule has 0 saturated heterocycles. The maximum absolute atomic E-state index is 13.4. The molecule has 0 N–H and O–H groups in total. The van der Waals surface area contributed by atoms with Gasteiger partial charge in [0.25, 0.3) is 0 Å². The Labute approximate surface area is 201 Å². The lowest BCUT2D eigenvalue weighted by atomic mass is 10.1. The number of carbonyl (C=O) groups excluding carboxylic acids is 2. The summed E-state index contributed by atoms with van der Waals surface area (Å²) in [5.74, 6) is 1.29. The average Bonchev–Trinajstić information content (AvgIpc) is 3.23. The number of nitrogens with zero attached hydrogens (tertiary/aromatic N) is 3. The van der Waals surface area contributed by atoms with E-state index in [1.807, 2.05) is 36.9 Å². The van der Waals surface area contributed by atoms with Gasteiger partial charge >= 0.3 is 6.03 Å². The Morgan fingerprint density at radius 2 is 1.76 bits per heavy atom. The zero-order valence-corrected chi connectivity index (χ0v) is 21.7. The van der Waals surface area contributed by atoms with Crippen molar-refractivity contribution in [3.05, 3.63) is 45.6 Å². The summed E-state index contributed by atoms with van der Waals surface area (Å²) in [6, 6.07) is 9.76. The summed E-state index contributed by atoms with van der Waals surface area (Å²) in [7, 11) is 6.65. The van der Waals surface area contributed by atoms with Gasteiger partial charge in [-0.05, 0) is 56.5 Å². The Balaban J connectivity index is 2.22. The molecule has 0 radical (unpaired) electrons. The van der Waals surface area contributed by atoms with Gasteiger partial charge < -0.3 is 24.2 Å². The highest BCUT2D eigenvalue weighted by atomic mass is 32.1. The Hall–Kier alpha value is -2.74. The molecule has 33 heavy (non-hydrogen) atoms. The topological polar surface area (TPSA) is 62.3 Å². The average molecular weight is 476 g/mol. The smallest absolute Gasteiger partial charge is 0.320 e. The maximum Gasteiger partial charge on any atom is 0.320 e. The first kappa shape index (κ1) is 26.5. The molecule has 0 aliphatic rings. The van der Waals surface area contributed by atoms with Crippen molar-refractivity contribution in [2.75, 3.05) is 41.4 Å². The summed E-state index contributed by atoms with van der Waals surface area (Å²) in [6.45, 7) is 7.18. The molecular weight excluding hydrogens is 438 g/mol. The van der Waals surface area contributed by atoms with Crippen LogP contribution in [0.1, 0.15) is 35.6 Å². The van der Waals surface area contributed by atoms with Crippen LogP contribution in [0.15, 0.2) is 30.3 Å². The molecule has 8 heteroatoms. The van der Waals surface area contributed by atoms with Gasteiger partial charge in [-0.2, -0.15) is 0 Å². The van der Waals surface area contributed by atoms with E-state index in [-0.39, 0.29) is 24.5 Å². The second-order valence-corrected chi connectivity index (χ2v) is 9.70. The predicted octanol–water partition coefficient (Wildman–Crippen LogP) is 4.43. The number of carbonyl (C=O) groups is 2. The molecule has 0 aliphatic carbocycles. The number of thiophene rings is 1. The van der Waals surface area contributed by atoms with E-state index >= 15 is 0 Å². The fourth-order valence-corrected chi connectivity index (χ4v) is 4.39. The van der Waals surface area contributed by atoms with Crippen LogP contribution >= 0.6 is 11.3 Å². The fraction of sp³-hybridized carbons (Fsp3) is 0.520. The second-order valence-electron chi connectivity index (χ2n) is 8.33. The highest BCUT2D eigenvalue weighted by Gasteiger charge is 2.26. The second kappa shape index (κ2) is 12.5. The van der Waals surface area contributed by atoms with E-state index in [2.05, 4.69) is 19.1 Å². The van der Waals surface area contributed by atoms with Gasteiger partial charge in [0.1, 0.15) is 6.54 Å². The summed E-state index contributed by atoms with van der Waals surface area (Å²) >= 11 is 1.69. The molecule has 1 heterocycles. The van der Waals surface area contributed by atoms with Crippen LogP contribution in [-0.2, 0) is 17.8 Å². The van der Waals surface area contributed by atoms with E-state index in [4.69, 9.17) is 9.47 Å². The maximum atomic E-state index is 13.4. The molecule has 7 nitrogen and oxygen atoms in total. The van der Waals surface area contributed by atoms with E-state index in [1.54, 1.807) is 44.6 Å². The van der Waals surface area contributed by atoms with Gasteiger partial charge in [0, 0.05) is 36.4 Å². The number of amides is 3. The first-order valence-electron chi connectivity index (χ1n) is 11.2. The molecular formula is C25H37N3O4S. The molecule has 0 saturated carbocycles. The quantitative estimate of drug-likeness (QED) is 0.482. The molecule has 2 rings (SSSR count). The van der Waals surface area contributed by atoms with Gasteiger partial charge in [0.05, 0.1) is 20.8 Å². The summed E-state index contributed by atoms with van der Waals surface area (Å²) in [4.78, 5) is 33.5. The lowest BCUT2D eigenvalue weighted by molar-refractivity contribution is -0.132. The highest BCUT2D eigenvalue weighted by molar-refractivity contribution is 7.11. The third kappa shape index (κ3) is 7.39. The lowest BCUT2D eigenvalue weighted by Gasteiger charge is -2.33. The van der Waals surface area contributed by atoms with Crippen LogP contribution in [0, 0.1) is 6.92 Å². The van der Waals surface area contributed by atoms with Crippen molar-refractivity contribution >= 4 is 23.3 Å². The number of urea groups is 1. The van der Waals surface area contributed by atoms with Crippen molar-refractivity contribution in [1.29, 1.82) is 0 Å². The van der Waals surface area contributed by atoms with Crippen LogP contribution < -0.4 is 9.47 Å². The van der Waals surface area contributed by atoms with Crippen LogP contribution in [0.3, 0.4) is 0 Å². The number of hydrogen-bond donors (Lipinski definition) is 0. The Morgan fingerprint density at radius 3 is 2.30 bits per heavy atom. The minimum atomic E-state index is -0.149. The van der Waals surface area contributed by atoms with Crippen LogP contribution in [-0.4, -0.2) is 74.1 Å². The Bertz CT molecular complexity index is 928. The fourth-order valence-electron chi connectivity index (χ4n) is 3.49. The summed E-state index contributed by atoms with van der Waals surface area (Å²) in [5, 5.41) is 0. The number of hydrogen-bond acceptors (Lipinski definition) is 5. The number of aryl methyl sites for hydroxylation is 1. The van der Waals surface area contributed by atoms with Crippen molar-refractivity contribution in [3.63, 3.8) is 0 Å². The van der Waals surface area contributed by atoms with Crippen LogP contribution in [0.4, 0.5) is 4.79 Å². The van der Waals surface area contributed by atoms with Crippen LogP contribution in [0.5, 0.6) is 11.5 Å². The van der Waals surface area contributed by atoms with Gasteiger partial charge in [0.15, 0.2) is 11.5 Å². The van der Waals surface area contributed by atoms with Crippen LogP contribution in [0.2, 0.25) is 0 Å². The molecule has 0 aliphatic heterocycles. The normalized spacial score (nSPS) is 11.6. The van der Waals surface area contributed by atoms with Crippen molar-refractivity contribution in [3.8, 4) is 11.5 Å². The lowest BCUT2D eigenvalue weighted by Crippen LogP contribution is -2.50.